The first kappa shape index (κ1) is 13.1. The molecular weight excluding hydrogens is 238 g/mol. The molecule has 0 radical (unpaired) electrons. The molecule has 0 bridgehead atoms. The summed E-state index contributed by atoms with van der Waals surface area (Å²) in [6.45, 7) is 0.689. The van der Waals surface area contributed by atoms with Crippen molar-refractivity contribution in [2.75, 3.05) is 19.1 Å². The Morgan fingerprint density at radius 2 is 1.89 bits per heavy atom. The number of carbonyl (C=O) groups excluding carboxylic acids is 1. The molecule has 0 amide bonds. The zero-order chi connectivity index (χ0) is 13.7. The highest BCUT2D eigenvalue weighted by Gasteiger charge is 2.08. The number of benzene rings is 2. The molecule has 2 rings (SSSR count). The van der Waals surface area contributed by atoms with Gasteiger partial charge in [-0.25, -0.2) is 0 Å². The van der Waals surface area contributed by atoms with E-state index in [0.29, 0.717) is 12.1 Å². The fourth-order valence-corrected chi connectivity index (χ4v) is 2.02. The number of aldehydes is 1. The Morgan fingerprint density at radius 3 is 2.53 bits per heavy atom. The fourth-order valence-electron chi connectivity index (χ4n) is 2.02. The van der Waals surface area contributed by atoms with Crippen molar-refractivity contribution in [3.05, 3.63) is 59.7 Å². The maximum atomic E-state index is 10.9. The van der Waals surface area contributed by atoms with Crippen LogP contribution in [0.15, 0.2) is 48.5 Å². The van der Waals surface area contributed by atoms with Gasteiger partial charge in [0, 0.05) is 30.4 Å². The van der Waals surface area contributed by atoms with Crippen LogP contribution in [0.2, 0.25) is 0 Å². The number of hydrogen-bond donors (Lipinski definition) is 0. The van der Waals surface area contributed by atoms with Crippen molar-refractivity contribution in [2.24, 2.45) is 0 Å². The minimum Gasteiger partial charge on any atom is -0.496 e. The van der Waals surface area contributed by atoms with Crippen LogP contribution >= 0.6 is 0 Å². The van der Waals surface area contributed by atoms with Gasteiger partial charge in [-0.2, -0.15) is 0 Å². The van der Waals surface area contributed by atoms with Gasteiger partial charge in [0.2, 0.25) is 0 Å². The molecule has 0 saturated carbocycles. The van der Waals surface area contributed by atoms with Gasteiger partial charge in [-0.3, -0.25) is 4.79 Å². The molecule has 0 unspecified atom stereocenters. The van der Waals surface area contributed by atoms with Crippen LogP contribution in [-0.2, 0) is 6.54 Å². The molecule has 0 aliphatic rings. The molecule has 0 fully saturated rings. The molecule has 3 heteroatoms. The van der Waals surface area contributed by atoms with Gasteiger partial charge in [0.1, 0.15) is 12.0 Å². The third-order valence-electron chi connectivity index (χ3n) is 3.05. The van der Waals surface area contributed by atoms with E-state index in [2.05, 4.69) is 17.0 Å². The summed E-state index contributed by atoms with van der Waals surface area (Å²) in [5.74, 6) is 0.799. The van der Waals surface area contributed by atoms with Gasteiger partial charge in [0.25, 0.3) is 0 Å². The minimum atomic E-state index is 0.664. The summed E-state index contributed by atoms with van der Waals surface area (Å²) in [5, 5.41) is 0. The van der Waals surface area contributed by atoms with Gasteiger partial charge in [0.05, 0.1) is 7.11 Å². The molecule has 0 atom stereocenters. The summed E-state index contributed by atoms with van der Waals surface area (Å²) >= 11 is 0. The Bertz CT molecular complexity index is 552. The number of hydrogen-bond acceptors (Lipinski definition) is 3. The number of methoxy groups -OCH3 is 1. The largest absolute Gasteiger partial charge is 0.496 e. The monoisotopic (exact) mass is 255 g/mol. The Kier molecular flexibility index (Phi) is 4.18. The first-order chi connectivity index (χ1) is 9.24. The summed E-state index contributed by atoms with van der Waals surface area (Å²) in [6, 6.07) is 15.6. The van der Waals surface area contributed by atoms with Gasteiger partial charge in [-0.1, -0.05) is 18.2 Å². The minimum absolute atomic E-state index is 0.664. The smallest absolute Gasteiger partial charge is 0.150 e. The van der Waals surface area contributed by atoms with Crippen LogP contribution in [0.4, 0.5) is 5.69 Å². The summed E-state index contributed by atoms with van der Waals surface area (Å²) < 4.78 is 5.34. The highest BCUT2D eigenvalue weighted by molar-refractivity contribution is 5.75. The van der Waals surface area contributed by atoms with E-state index in [1.165, 1.54) is 0 Å². The second-order valence-corrected chi connectivity index (χ2v) is 4.38. The molecule has 2 aromatic rings. The van der Waals surface area contributed by atoms with Crippen LogP contribution < -0.4 is 9.64 Å². The molecule has 98 valence electrons. The number of rotatable bonds is 5. The van der Waals surface area contributed by atoms with Crippen LogP contribution in [0.5, 0.6) is 5.75 Å². The molecule has 2 aromatic carbocycles. The molecule has 0 spiro atoms. The Morgan fingerprint density at radius 1 is 1.16 bits per heavy atom. The number of carbonyl (C=O) groups is 1. The van der Waals surface area contributed by atoms with E-state index in [0.717, 1.165) is 23.3 Å². The van der Waals surface area contributed by atoms with Gasteiger partial charge < -0.3 is 9.64 Å². The number of nitrogens with zero attached hydrogens (tertiary/aromatic N) is 1. The number of anilines is 1. The van der Waals surface area contributed by atoms with Gasteiger partial charge in [0.15, 0.2) is 0 Å². The molecule has 0 heterocycles. The van der Waals surface area contributed by atoms with E-state index in [4.69, 9.17) is 4.74 Å². The van der Waals surface area contributed by atoms with Crippen molar-refractivity contribution in [3.63, 3.8) is 0 Å². The number of para-hydroxylation sites is 1. The van der Waals surface area contributed by atoms with Crippen LogP contribution in [-0.4, -0.2) is 20.4 Å². The topological polar surface area (TPSA) is 29.5 Å². The summed E-state index contributed by atoms with van der Waals surface area (Å²) in [5.41, 5.74) is 2.79. The van der Waals surface area contributed by atoms with E-state index in [1.54, 1.807) is 13.2 Å². The molecule has 0 N–H and O–H groups in total. The maximum Gasteiger partial charge on any atom is 0.150 e. The third-order valence-corrected chi connectivity index (χ3v) is 3.05. The Balaban J connectivity index is 2.24. The Hall–Kier alpha value is -2.29. The predicted molar refractivity (Wildman–Crippen MR) is 76.9 cm³/mol. The van der Waals surface area contributed by atoms with Crippen LogP contribution in [0.25, 0.3) is 0 Å². The van der Waals surface area contributed by atoms with E-state index < -0.39 is 0 Å². The lowest BCUT2D eigenvalue weighted by molar-refractivity contribution is 0.112. The molecule has 19 heavy (non-hydrogen) atoms. The molecular formula is C16H17NO2. The second kappa shape index (κ2) is 6.05. The molecule has 0 aromatic heterocycles. The lowest BCUT2D eigenvalue weighted by Gasteiger charge is -2.20. The molecule has 0 aliphatic carbocycles. The SMILES string of the molecule is COc1ccc(C=O)cc1CN(C)c1ccccc1. The van der Waals surface area contributed by atoms with Crippen molar-refractivity contribution in [1.29, 1.82) is 0 Å². The van der Waals surface area contributed by atoms with Gasteiger partial charge >= 0.3 is 0 Å². The standard InChI is InChI=1S/C16H17NO2/c1-17(15-6-4-3-5-7-15)11-14-10-13(12-18)8-9-16(14)19-2/h3-10,12H,11H2,1-2H3. The fraction of sp³-hybridized carbons (Fsp3) is 0.188. The highest BCUT2D eigenvalue weighted by atomic mass is 16.5. The lowest BCUT2D eigenvalue weighted by atomic mass is 10.1. The van der Waals surface area contributed by atoms with Crippen LogP contribution in [0.1, 0.15) is 15.9 Å². The van der Waals surface area contributed by atoms with Crippen LogP contribution in [0, 0.1) is 0 Å². The predicted octanol–water partition coefficient (Wildman–Crippen LogP) is 3.14. The zero-order valence-corrected chi connectivity index (χ0v) is 11.2. The average molecular weight is 255 g/mol. The van der Waals surface area contributed by atoms with Crippen molar-refractivity contribution < 1.29 is 9.53 Å². The summed E-state index contributed by atoms with van der Waals surface area (Å²) in [6.07, 6.45) is 0.853. The first-order valence-corrected chi connectivity index (χ1v) is 6.13. The van der Waals surface area contributed by atoms with E-state index in [9.17, 15) is 4.79 Å². The molecule has 0 aliphatic heterocycles. The van der Waals surface area contributed by atoms with E-state index in [-0.39, 0.29) is 0 Å². The molecule has 3 nitrogen and oxygen atoms in total. The summed E-state index contributed by atoms with van der Waals surface area (Å²) in [4.78, 5) is 13.0. The Labute approximate surface area is 113 Å². The third kappa shape index (κ3) is 3.13. The zero-order valence-electron chi connectivity index (χ0n) is 11.2. The lowest BCUT2D eigenvalue weighted by Crippen LogP contribution is -2.16. The average Bonchev–Trinajstić information content (AvgIpc) is 2.48. The van der Waals surface area contributed by atoms with Crippen molar-refractivity contribution in [2.45, 2.75) is 6.54 Å². The van der Waals surface area contributed by atoms with Crippen molar-refractivity contribution >= 4 is 12.0 Å². The highest BCUT2D eigenvalue weighted by Crippen LogP contribution is 2.23. The van der Waals surface area contributed by atoms with Crippen molar-refractivity contribution in [3.8, 4) is 5.75 Å². The summed E-state index contributed by atoms with van der Waals surface area (Å²) in [7, 11) is 3.66. The van der Waals surface area contributed by atoms with Crippen molar-refractivity contribution in [1.82, 2.24) is 0 Å². The number of ether oxygens (including phenoxy) is 1. The van der Waals surface area contributed by atoms with E-state index in [1.807, 2.05) is 37.4 Å². The molecule has 0 saturated heterocycles. The van der Waals surface area contributed by atoms with E-state index >= 15 is 0 Å². The van der Waals surface area contributed by atoms with Gasteiger partial charge in [-0.05, 0) is 30.3 Å². The maximum absolute atomic E-state index is 10.9. The van der Waals surface area contributed by atoms with Gasteiger partial charge in [-0.15, -0.1) is 0 Å². The second-order valence-electron chi connectivity index (χ2n) is 4.38. The quantitative estimate of drug-likeness (QED) is 0.769. The normalized spacial score (nSPS) is 10.0. The van der Waals surface area contributed by atoms with Crippen LogP contribution in [0.3, 0.4) is 0 Å². The first-order valence-electron chi connectivity index (χ1n) is 6.13.